The fourth-order valence-corrected chi connectivity index (χ4v) is 1.29. The molecule has 12 heavy (non-hydrogen) atoms. The molecule has 0 amide bonds. The third kappa shape index (κ3) is 3.80. The lowest BCUT2D eigenvalue weighted by Gasteiger charge is -2.22. The fraction of sp³-hybridized carbons (Fsp3) is 0.818. The van der Waals surface area contributed by atoms with Crippen molar-refractivity contribution in [2.45, 2.75) is 48.0 Å². The van der Waals surface area contributed by atoms with E-state index in [9.17, 15) is 0 Å². The molecule has 0 atom stereocenters. The minimum Gasteiger partial charge on any atom is -0.378 e. The van der Waals surface area contributed by atoms with Gasteiger partial charge < -0.3 is 4.90 Å². The van der Waals surface area contributed by atoms with Crippen molar-refractivity contribution in [3.63, 3.8) is 0 Å². The lowest BCUT2D eigenvalue weighted by molar-refractivity contribution is 0.421. The second-order valence-corrected chi connectivity index (χ2v) is 2.95. The van der Waals surface area contributed by atoms with E-state index in [2.05, 4.69) is 39.6 Å². The molecule has 0 radical (unpaired) electrons. The Labute approximate surface area is 78.5 Å². The first-order valence-corrected chi connectivity index (χ1v) is 4.57. The predicted octanol–water partition coefficient (Wildman–Crippen LogP) is 3.67. The zero-order valence-corrected chi connectivity index (χ0v) is 8.57. The van der Waals surface area contributed by atoms with Crippen molar-refractivity contribution < 1.29 is 0 Å². The van der Waals surface area contributed by atoms with Gasteiger partial charge in [0.25, 0.3) is 0 Å². The van der Waals surface area contributed by atoms with Crippen LogP contribution in [-0.4, -0.2) is 18.5 Å². The Morgan fingerprint density at radius 3 is 1.83 bits per heavy atom. The first-order valence-electron chi connectivity index (χ1n) is 4.57. The predicted molar refractivity (Wildman–Crippen MR) is 58.3 cm³/mol. The van der Waals surface area contributed by atoms with E-state index < -0.39 is 0 Å². The Balaban J connectivity index is 0. The van der Waals surface area contributed by atoms with Gasteiger partial charge in [-0.15, -0.1) is 0 Å². The van der Waals surface area contributed by atoms with E-state index in [1.54, 1.807) is 0 Å². The minimum absolute atomic E-state index is 0. The van der Waals surface area contributed by atoms with Crippen LogP contribution in [0.15, 0.2) is 11.3 Å². The van der Waals surface area contributed by atoms with Gasteiger partial charge in [0.1, 0.15) is 0 Å². The van der Waals surface area contributed by atoms with Crippen molar-refractivity contribution in [2.24, 2.45) is 0 Å². The summed E-state index contributed by atoms with van der Waals surface area (Å²) in [5.41, 5.74) is 3.03. The Morgan fingerprint density at radius 2 is 1.58 bits per heavy atom. The van der Waals surface area contributed by atoms with Gasteiger partial charge in [0.2, 0.25) is 0 Å². The normalized spacial score (nSPS) is 11.8. The van der Waals surface area contributed by atoms with Crippen molar-refractivity contribution in [1.29, 1.82) is 0 Å². The number of hydrogen-bond donors (Lipinski definition) is 0. The molecule has 0 saturated carbocycles. The molecule has 0 aromatic rings. The summed E-state index contributed by atoms with van der Waals surface area (Å²) in [5.74, 6) is 0. The highest BCUT2D eigenvalue weighted by Gasteiger charge is 2.02. The van der Waals surface area contributed by atoms with Gasteiger partial charge in [-0.2, -0.15) is 0 Å². The Morgan fingerprint density at radius 1 is 1.08 bits per heavy atom. The van der Waals surface area contributed by atoms with Gasteiger partial charge in [-0.3, -0.25) is 0 Å². The van der Waals surface area contributed by atoms with Gasteiger partial charge in [0, 0.05) is 19.3 Å². The molecule has 0 spiro atoms. The quantitative estimate of drug-likeness (QED) is 0.624. The molecule has 0 aliphatic heterocycles. The zero-order valence-electron chi connectivity index (χ0n) is 8.57. The summed E-state index contributed by atoms with van der Waals surface area (Å²) in [6.07, 6.45) is 2.33. The number of nitrogens with zero attached hydrogens (tertiary/aromatic N) is 1. The van der Waals surface area contributed by atoms with Crippen molar-refractivity contribution >= 4 is 0 Å². The molecule has 0 fully saturated rings. The SMILES string of the molecule is C.CC/C(C)=C(\CC)N(C)CC. The summed E-state index contributed by atoms with van der Waals surface area (Å²) in [5, 5.41) is 0. The molecule has 0 aliphatic carbocycles. The van der Waals surface area contributed by atoms with Crippen LogP contribution in [0, 0.1) is 0 Å². The summed E-state index contributed by atoms with van der Waals surface area (Å²) in [7, 11) is 2.16. The van der Waals surface area contributed by atoms with Crippen LogP contribution in [0.3, 0.4) is 0 Å². The fourth-order valence-electron chi connectivity index (χ4n) is 1.29. The lowest BCUT2D eigenvalue weighted by atomic mass is 10.1. The molecule has 0 aromatic carbocycles. The molecule has 0 aliphatic rings. The second-order valence-electron chi connectivity index (χ2n) is 2.95. The maximum absolute atomic E-state index is 2.33. The van der Waals surface area contributed by atoms with E-state index in [0.717, 1.165) is 13.0 Å². The maximum atomic E-state index is 2.33. The minimum atomic E-state index is 0. The number of allylic oxidation sites excluding steroid dienone is 2. The van der Waals surface area contributed by atoms with E-state index in [4.69, 9.17) is 0 Å². The summed E-state index contributed by atoms with van der Waals surface area (Å²) in [6, 6.07) is 0. The van der Waals surface area contributed by atoms with Crippen LogP contribution in [0.25, 0.3) is 0 Å². The Hall–Kier alpha value is -0.460. The van der Waals surface area contributed by atoms with Gasteiger partial charge in [-0.1, -0.05) is 26.8 Å². The first kappa shape index (κ1) is 14.1. The van der Waals surface area contributed by atoms with Crippen LogP contribution >= 0.6 is 0 Å². The van der Waals surface area contributed by atoms with E-state index in [1.807, 2.05) is 0 Å². The monoisotopic (exact) mass is 171 g/mol. The zero-order chi connectivity index (χ0) is 8.85. The lowest BCUT2D eigenvalue weighted by Crippen LogP contribution is -2.17. The van der Waals surface area contributed by atoms with Crippen LogP contribution in [0.5, 0.6) is 0 Å². The molecular weight excluding hydrogens is 146 g/mol. The first-order chi connectivity index (χ1) is 5.17. The van der Waals surface area contributed by atoms with E-state index in [0.29, 0.717) is 0 Å². The second kappa shape index (κ2) is 7.20. The van der Waals surface area contributed by atoms with Crippen molar-refractivity contribution in [3.8, 4) is 0 Å². The standard InChI is InChI=1S/C10H21N.CH4/c1-6-9(4)10(7-2)11(5)8-3;/h6-8H2,1-5H3;1H4/b10-9+;. The third-order valence-electron chi connectivity index (χ3n) is 2.29. The topological polar surface area (TPSA) is 3.24 Å². The largest absolute Gasteiger partial charge is 0.378 e. The summed E-state index contributed by atoms with van der Waals surface area (Å²) in [4.78, 5) is 2.33. The molecule has 0 rings (SSSR count). The highest BCUT2D eigenvalue weighted by atomic mass is 15.1. The van der Waals surface area contributed by atoms with Crippen molar-refractivity contribution in [3.05, 3.63) is 11.3 Å². The Kier molecular flexibility index (Phi) is 8.46. The maximum Gasteiger partial charge on any atom is 0.0143 e. The van der Waals surface area contributed by atoms with Crippen molar-refractivity contribution in [1.82, 2.24) is 4.90 Å². The van der Waals surface area contributed by atoms with Gasteiger partial charge in [-0.25, -0.2) is 0 Å². The van der Waals surface area contributed by atoms with Crippen LogP contribution in [0.2, 0.25) is 0 Å². The van der Waals surface area contributed by atoms with E-state index >= 15 is 0 Å². The number of hydrogen-bond acceptors (Lipinski definition) is 1. The van der Waals surface area contributed by atoms with Gasteiger partial charge in [0.05, 0.1) is 0 Å². The molecule has 1 heteroatoms. The molecular formula is C11H25N. The van der Waals surface area contributed by atoms with Gasteiger partial charge in [-0.05, 0) is 26.7 Å². The molecule has 0 heterocycles. The summed E-state index contributed by atoms with van der Waals surface area (Å²) >= 11 is 0. The van der Waals surface area contributed by atoms with Crippen LogP contribution in [0.4, 0.5) is 0 Å². The van der Waals surface area contributed by atoms with Crippen LogP contribution in [-0.2, 0) is 0 Å². The van der Waals surface area contributed by atoms with Gasteiger partial charge in [0.15, 0.2) is 0 Å². The molecule has 0 bridgehead atoms. The molecule has 1 nitrogen and oxygen atoms in total. The number of rotatable bonds is 4. The highest BCUT2D eigenvalue weighted by molar-refractivity contribution is 5.09. The average molecular weight is 171 g/mol. The van der Waals surface area contributed by atoms with E-state index in [1.165, 1.54) is 17.7 Å². The Bertz CT molecular complexity index is 136. The average Bonchev–Trinajstić information content (AvgIpc) is 2.05. The molecule has 0 unspecified atom stereocenters. The van der Waals surface area contributed by atoms with Gasteiger partial charge >= 0.3 is 0 Å². The van der Waals surface area contributed by atoms with Crippen LogP contribution in [0.1, 0.15) is 48.0 Å². The van der Waals surface area contributed by atoms with Crippen molar-refractivity contribution in [2.75, 3.05) is 13.6 Å². The molecule has 0 aromatic heterocycles. The molecule has 0 saturated heterocycles. The molecule has 0 N–H and O–H groups in total. The van der Waals surface area contributed by atoms with Crippen LogP contribution < -0.4 is 0 Å². The summed E-state index contributed by atoms with van der Waals surface area (Å²) in [6.45, 7) is 9.97. The van der Waals surface area contributed by atoms with E-state index in [-0.39, 0.29) is 7.43 Å². The smallest absolute Gasteiger partial charge is 0.0143 e. The molecule has 74 valence electrons. The summed E-state index contributed by atoms with van der Waals surface area (Å²) < 4.78 is 0. The third-order valence-corrected chi connectivity index (χ3v) is 2.29. The highest BCUT2D eigenvalue weighted by Crippen LogP contribution is 2.14.